The molecule has 20 heavy (non-hydrogen) atoms. The summed E-state index contributed by atoms with van der Waals surface area (Å²) in [5.74, 6) is 0. The minimum Gasteiger partial charge on any atom is -0.465 e. The number of amides is 1. The van der Waals surface area contributed by atoms with E-state index in [9.17, 15) is 18.0 Å². The summed E-state index contributed by atoms with van der Waals surface area (Å²) in [6.45, 7) is 0.797. The van der Waals surface area contributed by atoms with Crippen LogP contribution in [-0.2, 0) is 12.7 Å². The molecule has 0 unspecified atom stereocenters. The van der Waals surface area contributed by atoms with Gasteiger partial charge in [0.2, 0.25) is 0 Å². The van der Waals surface area contributed by atoms with E-state index >= 15 is 0 Å². The highest BCUT2D eigenvalue weighted by molar-refractivity contribution is 5.65. The van der Waals surface area contributed by atoms with Gasteiger partial charge in [0.1, 0.15) is 0 Å². The Morgan fingerprint density at radius 1 is 1.40 bits per heavy atom. The van der Waals surface area contributed by atoms with E-state index in [4.69, 9.17) is 5.11 Å². The van der Waals surface area contributed by atoms with E-state index in [0.717, 1.165) is 6.07 Å². The van der Waals surface area contributed by atoms with Crippen LogP contribution in [0.5, 0.6) is 0 Å². The quantitative estimate of drug-likeness (QED) is 0.898. The molecule has 7 heteroatoms. The molecule has 0 bridgehead atoms. The van der Waals surface area contributed by atoms with Crippen molar-refractivity contribution in [1.29, 1.82) is 0 Å². The van der Waals surface area contributed by atoms with E-state index in [1.54, 1.807) is 6.07 Å². The average Bonchev–Trinajstić information content (AvgIpc) is 2.84. The molecule has 0 aromatic heterocycles. The first-order chi connectivity index (χ1) is 9.38. The number of nitrogens with zero attached hydrogens (tertiary/aromatic N) is 1. The van der Waals surface area contributed by atoms with Crippen molar-refractivity contribution in [3.8, 4) is 0 Å². The Balaban J connectivity index is 1.97. The summed E-state index contributed by atoms with van der Waals surface area (Å²) < 4.78 is 38.4. The molecule has 1 aliphatic heterocycles. The van der Waals surface area contributed by atoms with Crippen molar-refractivity contribution in [2.45, 2.75) is 25.2 Å². The third kappa shape index (κ3) is 3.41. The minimum atomic E-state index is -4.37. The fourth-order valence-electron chi connectivity index (χ4n) is 2.31. The molecule has 0 saturated carbocycles. The van der Waals surface area contributed by atoms with Gasteiger partial charge >= 0.3 is 12.3 Å². The number of hydrogen-bond acceptors (Lipinski definition) is 2. The molecule has 4 nitrogen and oxygen atoms in total. The van der Waals surface area contributed by atoms with Crippen molar-refractivity contribution in [3.05, 3.63) is 35.4 Å². The summed E-state index contributed by atoms with van der Waals surface area (Å²) in [5, 5.41) is 11.8. The van der Waals surface area contributed by atoms with Crippen molar-refractivity contribution < 1.29 is 23.1 Å². The molecule has 0 radical (unpaired) electrons. The maximum atomic E-state index is 12.8. The molecule has 2 N–H and O–H groups in total. The first kappa shape index (κ1) is 14.6. The van der Waals surface area contributed by atoms with Crippen LogP contribution in [0.15, 0.2) is 24.3 Å². The zero-order valence-electron chi connectivity index (χ0n) is 10.7. The van der Waals surface area contributed by atoms with Crippen LogP contribution in [-0.4, -0.2) is 35.2 Å². The average molecular weight is 288 g/mol. The summed E-state index contributed by atoms with van der Waals surface area (Å²) in [6, 6.07) is 5.29. The smallest absolute Gasteiger partial charge is 0.416 e. The van der Waals surface area contributed by atoms with Gasteiger partial charge in [0, 0.05) is 25.7 Å². The number of hydrogen-bond donors (Lipinski definition) is 2. The summed E-state index contributed by atoms with van der Waals surface area (Å²) in [6.07, 6.45) is -4.76. The first-order valence-electron chi connectivity index (χ1n) is 6.24. The number of carboxylic acid groups (broad SMARTS) is 1. The predicted molar refractivity (Wildman–Crippen MR) is 66.3 cm³/mol. The Morgan fingerprint density at radius 3 is 2.70 bits per heavy atom. The van der Waals surface area contributed by atoms with E-state index in [-0.39, 0.29) is 18.2 Å². The topological polar surface area (TPSA) is 52.6 Å². The third-order valence-electron chi connectivity index (χ3n) is 3.36. The fraction of sp³-hybridized carbons (Fsp3) is 0.462. The van der Waals surface area contributed by atoms with Crippen LogP contribution >= 0.6 is 0 Å². The molecular weight excluding hydrogens is 273 g/mol. The lowest BCUT2D eigenvalue weighted by atomic mass is 10.1. The summed E-state index contributed by atoms with van der Waals surface area (Å²) in [7, 11) is 0. The molecule has 1 saturated heterocycles. The number of rotatable bonds is 3. The zero-order valence-corrected chi connectivity index (χ0v) is 10.7. The molecule has 1 heterocycles. The van der Waals surface area contributed by atoms with Crippen molar-refractivity contribution in [1.82, 2.24) is 10.2 Å². The number of nitrogens with one attached hydrogen (secondary N) is 1. The van der Waals surface area contributed by atoms with Crippen LogP contribution in [0.1, 0.15) is 17.5 Å². The van der Waals surface area contributed by atoms with E-state index in [1.807, 2.05) is 0 Å². The summed E-state index contributed by atoms with van der Waals surface area (Å²) in [4.78, 5) is 12.0. The van der Waals surface area contributed by atoms with E-state index in [2.05, 4.69) is 5.32 Å². The molecular formula is C13H15F3N2O2. The number of halogens is 3. The van der Waals surface area contributed by atoms with E-state index < -0.39 is 17.8 Å². The maximum absolute atomic E-state index is 12.8. The maximum Gasteiger partial charge on any atom is 0.416 e. The van der Waals surface area contributed by atoms with E-state index in [1.165, 1.54) is 17.0 Å². The van der Waals surface area contributed by atoms with Gasteiger partial charge in [-0.05, 0) is 18.1 Å². The van der Waals surface area contributed by atoms with Crippen LogP contribution in [0, 0.1) is 0 Å². The summed E-state index contributed by atoms with van der Waals surface area (Å²) >= 11 is 0. The van der Waals surface area contributed by atoms with Gasteiger partial charge in [-0.2, -0.15) is 13.2 Å². The fourth-order valence-corrected chi connectivity index (χ4v) is 2.31. The molecule has 0 spiro atoms. The number of carbonyl (C=O) groups is 1. The Kier molecular flexibility index (Phi) is 4.17. The van der Waals surface area contributed by atoms with Crippen LogP contribution in [0.3, 0.4) is 0 Å². The highest BCUT2D eigenvalue weighted by Crippen LogP contribution is 2.31. The van der Waals surface area contributed by atoms with Crippen LogP contribution in [0.25, 0.3) is 0 Å². The molecule has 1 aromatic carbocycles. The van der Waals surface area contributed by atoms with Gasteiger partial charge < -0.3 is 15.3 Å². The van der Waals surface area contributed by atoms with Crippen molar-refractivity contribution >= 4 is 6.09 Å². The molecule has 0 aliphatic carbocycles. The van der Waals surface area contributed by atoms with Crippen molar-refractivity contribution in [2.24, 2.45) is 0 Å². The number of likely N-dealkylation sites (tertiary alicyclic amines) is 1. The lowest BCUT2D eigenvalue weighted by molar-refractivity contribution is -0.138. The third-order valence-corrected chi connectivity index (χ3v) is 3.36. The normalized spacial score (nSPS) is 19.4. The van der Waals surface area contributed by atoms with Crippen LogP contribution < -0.4 is 5.32 Å². The standard InChI is InChI=1S/C13H15F3N2O2/c14-13(15,16)11-4-2-1-3-9(11)7-17-10-5-6-18(8-10)12(19)20/h1-4,10,17H,5-8H2,(H,19,20)/t10-/m1/s1. The Bertz CT molecular complexity index is 491. The summed E-state index contributed by atoms with van der Waals surface area (Å²) in [5.41, 5.74) is -0.477. The van der Waals surface area contributed by atoms with Crippen molar-refractivity contribution in [2.75, 3.05) is 13.1 Å². The monoisotopic (exact) mass is 288 g/mol. The number of benzene rings is 1. The van der Waals surface area contributed by atoms with Gasteiger partial charge in [-0.3, -0.25) is 0 Å². The molecule has 1 aromatic rings. The lowest BCUT2D eigenvalue weighted by Crippen LogP contribution is -2.34. The predicted octanol–water partition coefficient (Wildman–Crippen LogP) is 2.55. The second-order valence-corrected chi connectivity index (χ2v) is 4.75. The Hall–Kier alpha value is -1.76. The van der Waals surface area contributed by atoms with Gasteiger partial charge in [-0.1, -0.05) is 18.2 Å². The Labute approximate surface area is 114 Å². The van der Waals surface area contributed by atoms with Gasteiger partial charge in [-0.25, -0.2) is 4.79 Å². The SMILES string of the molecule is O=C(O)N1CC[C@@H](NCc2ccccc2C(F)(F)F)C1. The van der Waals surface area contributed by atoms with Crippen LogP contribution in [0.4, 0.5) is 18.0 Å². The van der Waals surface area contributed by atoms with Crippen LogP contribution in [0.2, 0.25) is 0 Å². The van der Waals surface area contributed by atoms with Crippen molar-refractivity contribution in [3.63, 3.8) is 0 Å². The lowest BCUT2D eigenvalue weighted by Gasteiger charge is -2.16. The molecule has 1 fully saturated rings. The molecule has 110 valence electrons. The molecule has 2 rings (SSSR count). The second kappa shape index (κ2) is 5.70. The Morgan fingerprint density at radius 2 is 2.10 bits per heavy atom. The number of alkyl halides is 3. The highest BCUT2D eigenvalue weighted by Gasteiger charge is 2.33. The second-order valence-electron chi connectivity index (χ2n) is 4.75. The van der Waals surface area contributed by atoms with Gasteiger partial charge in [-0.15, -0.1) is 0 Å². The van der Waals surface area contributed by atoms with Gasteiger partial charge in [0.15, 0.2) is 0 Å². The van der Waals surface area contributed by atoms with Gasteiger partial charge in [0.25, 0.3) is 0 Å². The zero-order chi connectivity index (χ0) is 14.8. The largest absolute Gasteiger partial charge is 0.465 e. The molecule has 1 atom stereocenters. The van der Waals surface area contributed by atoms with Gasteiger partial charge in [0.05, 0.1) is 5.56 Å². The first-order valence-corrected chi connectivity index (χ1v) is 6.24. The highest BCUT2D eigenvalue weighted by atomic mass is 19.4. The minimum absolute atomic E-state index is 0.0772. The molecule has 1 amide bonds. The molecule has 1 aliphatic rings. The van der Waals surface area contributed by atoms with E-state index in [0.29, 0.717) is 19.5 Å².